The molecule has 0 radical (unpaired) electrons. The molecule has 1 heterocycles. The second-order valence-corrected chi connectivity index (χ2v) is 4.69. The van der Waals surface area contributed by atoms with Crippen molar-refractivity contribution in [1.82, 2.24) is 5.32 Å². The van der Waals surface area contributed by atoms with Gasteiger partial charge in [0.15, 0.2) is 0 Å². The maximum atomic E-state index is 5.85. The van der Waals surface area contributed by atoms with Gasteiger partial charge < -0.3 is 14.5 Å². The first-order chi connectivity index (χ1) is 9.15. The highest BCUT2D eigenvalue weighted by atomic mass is 16.5. The minimum Gasteiger partial charge on any atom is -0.496 e. The van der Waals surface area contributed by atoms with Crippen LogP contribution in [-0.4, -0.2) is 13.7 Å². The van der Waals surface area contributed by atoms with Gasteiger partial charge in [0.2, 0.25) is 0 Å². The van der Waals surface area contributed by atoms with Crippen LogP contribution in [-0.2, 0) is 6.54 Å². The minimum atomic E-state index is 0.768. The summed E-state index contributed by atoms with van der Waals surface area (Å²) in [5.41, 5.74) is 3.35. The van der Waals surface area contributed by atoms with Crippen molar-refractivity contribution in [3.63, 3.8) is 0 Å². The molecule has 19 heavy (non-hydrogen) atoms. The van der Waals surface area contributed by atoms with Crippen LogP contribution in [0, 0.1) is 13.8 Å². The predicted octanol–water partition coefficient (Wildman–Crippen LogP) is 3.68. The highest BCUT2D eigenvalue weighted by molar-refractivity contribution is 5.63. The number of furan rings is 1. The molecule has 2 rings (SSSR count). The Morgan fingerprint density at radius 1 is 1.16 bits per heavy atom. The van der Waals surface area contributed by atoms with Crippen molar-refractivity contribution in [3.8, 4) is 17.1 Å². The predicted molar refractivity (Wildman–Crippen MR) is 77.6 cm³/mol. The van der Waals surface area contributed by atoms with E-state index in [1.54, 1.807) is 7.11 Å². The zero-order valence-electron chi connectivity index (χ0n) is 12.0. The Morgan fingerprint density at radius 3 is 2.42 bits per heavy atom. The number of ether oxygens (including phenoxy) is 1. The SMILES string of the molecule is CCNCc1ccc(-c2cc(C)c(OC)c(C)c2)o1. The van der Waals surface area contributed by atoms with Crippen molar-refractivity contribution in [1.29, 1.82) is 0 Å². The van der Waals surface area contributed by atoms with Crippen molar-refractivity contribution < 1.29 is 9.15 Å². The summed E-state index contributed by atoms with van der Waals surface area (Å²) < 4.78 is 11.2. The molecular weight excluding hydrogens is 238 g/mol. The average molecular weight is 259 g/mol. The molecule has 2 aromatic rings. The van der Waals surface area contributed by atoms with Crippen LogP contribution in [0.2, 0.25) is 0 Å². The van der Waals surface area contributed by atoms with Gasteiger partial charge in [-0.25, -0.2) is 0 Å². The first kappa shape index (κ1) is 13.7. The summed E-state index contributed by atoms with van der Waals surface area (Å²) in [5.74, 6) is 2.81. The molecule has 1 N–H and O–H groups in total. The number of hydrogen-bond acceptors (Lipinski definition) is 3. The lowest BCUT2D eigenvalue weighted by Crippen LogP contribution is -2.10. The van der Waals surface area contributed by atoms with Crippen LogP contribution in [0.1, 0.15) is 23.8 Å². The van der Waals surface area contributed by atoms with Crippen LogP contribution in [0.25, 0.3) is 11.3 Å². The van der Waals surface area contributed by atoms with E-state index in [0.717, 1.165) is 47.0 Å². The number of hydrogen-bond donors (Lipinski definition) is 1. The van der Waals surface area contributed by atoms with E-state index in [1.807, 2.05) is 12.1 Å². The van der Waals surface area contributed by atoms with Crippen molar-refractivity contribution in [2.75, 3.05) is 13.7 Å². The first-order valence-electron chi connectivity index (χ1n) is 6.60. The van der Waals surface area contributed by atoms with Crippen molar-refractivity contribution >= 4 is 0 Å². The lowest BCUT2D eigenvalue weighted by atomic mass is 10.0. The topological polar surface area (TPSA) is 34.4 Å². The lowest BCUT2D eigenvalue weighted by Gasteiger charge is -2.10. The normalized spacial score (nSPS) is 10.7. The maximum Gasteiger partial charge on any atom is 0.134 e. The standard InChI is InChI=1S/C16H21NO2/c1-5-17-10-14-6-7-15(19-14)13-8-11(2)16(18-4)12(3)9-13/h6-9,17H,5,10H2,1-4H3. The second-order valence-electron chi connectivity index (χ2n) is 4.69. The molecule has 0 aliphatic carbocycles. The third kappa shape index (κ3) is 2.99. The van der Waals surface area contributed by atoms with Gasteiger partial charge in [0.05, 0.1) is 13.7 Å². The fraction of sp³-hybridized carbons (Fsp3) is 0.375. The fourth-order valence-electron chi connectivity index (χ4n) is 2.29. The zero-order valence-corrected chi connectivity index (χ0v) is 12.0. The van der Waals surface area contributed by atoms with Crippen LogP contribution >= 0.6 is 0 Å². The molecule has 0 amide bonds. The van der Waals surface area contributed by atoms with Gasteiger partial charge in [0.1, 0.15) is 17.3 Å². The van der Waals surface area contributed by atoms with Gasteiger partial charge in [-0.05, 0) is 55.8 Å². The Balaban J connectivity index is 2.29. The van der Waals surface area contributed by atoms with E-state index in [-0.39, 0.29) is 0 Å². The summed E-state index contributed by atoms with van der Waals surface area (Å²) in [4.78, 5) is 0. The molecule has 0 atom stereocenters. The van der Waals surface area contributed by atoms with E-state index < -0.39 is 0 Å². The number of aryl methyl sites for hydroxylation is 2. The van der Waals surface area contributed by atoms with Gasteiger partial charge in [-0.2, -0.15) is 0 Å². The molecule has 1 aromatic heterocycles. The fourth-order valence-corrected chi connectivity index (χ4v) is 2.29. The average Bonchev–Trinajstić information content (AvgIpc) is 2.84. The summed E-state index contributed by atoms with van der Waals surface area (Å²) in [6.45, 7) is 7.90. The smallest absolute Gasteiger partial charge is 0.134 e. The summed E-state index contributed by atoms with van der Waals surface area (Å²) in [6.07, 6.45) is 0. The molecule has 0 spiro atoms. The molecule has 3 nitrogen and oxygen atoms in total. The van der Waals surface area contributed by atoms with E-state index in [4.69, 9.17) is 9.15 Å². The molecule has 0 fully saturated rings. The molecular formula is C16H21NO2. The van der Waals surface area contributed by atoms with Crippen LogP contribution < -0.4 is 10.1 Å². The second kappa shape index (κ2) is 5.93. The molecule has 0 saturated carbocycles. The van der Waals surface area contributed by atoms with E-state index in [9.17, 15) is 0 Å². The number of methoxy groups -OCH3 is 1. The summed E-state index contributed by atoms with van der Waals surface area (Å²) in [7, 11) is 1.70. The largest absolute Gasteiger partial charge is 0.496 e. The third-order valence-corrected chi connectivity index (χ3v) is 3.16. The summed E-state index contributed by atoms with van der Waals surface area (Å²) >= 11 is 0. The molecule has 0 unspecified atom stereocenters. The quantitative estimate of drug-likeness (QED) is 0.889. The van der Waals surface area contributed by atoms with Crippen LogP contribution in [0.15, 0.2) is 28.7 Å². The highest BCUT2D eigenvalue weighted by Gasteiger charge is 2.09. The Bertz CT molecular complexity index is 535. The Morgan fingerprint density at radius 2 is 1.84 bits per heavy atom. The Kier molecular flexibility index (Phi) is 4.27. The number of benzene rings is 1. The molecule has 0 bridgehead atoms. The van der Waals surface area contributed by atoms with Gasteiger partial charge in [-0.3, -0.25) is 0 Å². The van der Waals surface area contributed by atoms with Crippen LogP contribution in [0.4, 0.5) is 0 Å². The van der Waals surface area contributed by atoms with E-state index >= 15 is 0 Å². The van der Waals surface area contributed by atoms with Crippen LogP contribution in [0.3, 0.4) is 0 Å². The van der Waals surface area contributed by atoms with Gasteiger partial charge in [-0.15, -0.1) is 0 Å². The van der Waals surface area contributed by atoms with Crippen molar-refractivity contribution in [3.05, 3.63) is 41.2 Å². The molecule has 0 saturated heterocycles. The number of rotatable bonds is 5. The van der Waals surface area contributed by atoms with Crippen molar-refractivity contribution in [2.45, 2.75) is 27.3 Å². The molecule has 0 aliphatic heterocycles. The van der Waals surface area contributed by atoms with E-state index in [2.05, 4.69) is 38.2 Å². The number of nitrogens with one attached hydrogen (secondary N) is 1. The summed E-state index contributed by atoms with van der Waals surface area (Å²) in [5, 5.41) is 3.26. The van der Waals surface area contributed by atoms with Crippen LogP contribution in [0.5, 0.6) is 5.75 Å². The Hall–Kier alpha value is -1.74. The van der Waals surface area contributed by atoms with Gasteiger partial charge >= 0.3 is 0 Å². The molecule has 1 aromatic carbocycles. The van der Waals surface area contributed by atoms with E-state index in [1.165, 1.54) is 0 Å². The summed E-state index contributed by atoms with van der Waals surface area (Å²) in [6, 6.07) is 8.24. The molecule has 0 aliphatic rings. The lowest BCUT2D eigenvalue weighted by molar-refractivity contribution is 0.408. The minimum absolute atomic E-state index is 0.768. The van der Waals surface area contributed by atoms with Crippen molar-refractivity contribution in [2.24, 2.45) is 0 Å². The van der Waals surface area contributed by atoms with Gasteiger partial charge in [-0.1, -0.05) is 6.92 Å². The van der Waals surface area contributed by atoms with Gasteiger partial charge in [0, 0.05) is 5.56 Å². The molecule has 102 valence electrons. The Labute approximate surface area is 114 Å². The molecule has 3 heteroatoms. The third-order valence-electron chi connectivity index (χ3n) is 3.16. The first-order valence-corrected chi connectivity index (χ1v) is 6.60. The van der Waals surface area contributed by atoms with Gasteiger partial charge in [0.25, 0.3) is 0 Å². The maximum absolute atomic E-state index is 5.85. The highest BCUT2D eigenvalue weighted by Crippen LogP contribution is 2.30. The zero-order chi connectivity index (χ0) is 13.8. The van der Waals surface area contributed by atoms with E-state index in [0.29, 0.717) is 0 Å². The monoisotopic (exact) mass is 259 g/mol.